The van der Waals surface area contributed by atoms with Crippen molar-refractivity contribution in [1.29, 1.82) is 0 Å². The Morgan fingerprint density at radius 1 is 1.08 bits per heavy atom. The summed E-state index contributed by atoms with van der Waals surface area (Å²) in [5.41, 5.74) is 3.93. The number of carbonyl (C=O) groups excluding carboxylic acids is 1. The average molecular weight is 336 g/mol. The zero-order chi connectivity index (χ0) is 17.7. The summed E-state index contributed by atoms with van der Waals surface area (Å²) >= 11 is 0. The van der Waals surface area contributed by atoms with Crippen LogP contribution in [0.3, 0.4) is 0 Å². The molecule has 0 spiro atoms. The van der Waals surface area contributed by atoms with E-state index in [4.69, 9.17) is 4.42 Å². The second-order valence-electron chi connectivity index (χ2n) is 5.99. The van der Waals surface area contributed by atoms with Crippen LogP contribution in [0.2, 0.25) is 0 Å². The second-order valence-corrected chi connectivity index (χ2v) is 5.99. The number of aryl methyl sites for hydroxylation is 3. The lowest BCUT2D eigenvalue weighted by Gasteiger charge is -2.05. The number of carbonyl (C=O) groups is 1. The number of imidazole rings is 1. The highest BCUT2D eigenvalue weighted by Gasteiger charge is 2.12. The summed E-state index contributed by atoms with van der Waals surface area (Å²) < 4.78 is 8.53. The van der Waals surface area contributed by atoms with Gasteiger partial charge in [0.15, 0.2) is 5.58 Å². The fourth-order valence-corrected chi connectivity index (χ4v) is 2.88. The van der Waals surface area contributed by atoms with E-state index in [9.17, 15) is 9.59 Å². The predicted molar refractivity (Wildman–Crippen MR) is 94.9 cm³/mol. The number of oxazole rings is 1. The smallest absolute Gasteiger partial charge is 0.408 e. The van der Waals surface area contributed by atoms with Crippen LogP contribution in [-0.2, 0) is 14.1 Å². The largest absolute Gasteiger partial charge is 0.419 e. The van der Waals surface area contributed by atoms with Gasteiger partial charge in [-0.3, -0.25) is 9.36 Å². The molecule has 25 heavy (non-hydrogen) atoms. The molecule has 0 saturated carbocycles. The lowest BCUT2D eigenvalue weighted by molar-refractivity contribution is 0.102. The molecule has 0 aliphatic rings. The first-order valence-electron chi connectivity index (χ1n) is 7.78. The van der Waals surface area contributed by atoms with Crippen molar-refractivity contribution in [2.75, 3.05) is 5.32 Å². The first-order chi connectivity index (χ1) is 11.9. The van der Waals surface area contributed by atoms with E-state index in [1.807, 2.05) is 24.6 Å². The van der Waals surface area contributed by atoms with Gasteiger partial charge in [-0.05, 0) is 37.3 Å². The molecule has 0 aliphatic carbocycles. The van der Waals surface area contributed by atoms with Crippen LogP contribution in [-0.4, -0.2) is 20.0 Å². The van der Waals surface area contributed by atoms with Crippen molar-refractivity contribution in [1.82, 2.24) is 14.1 Å². The van der Waals surface area contributed by atoms with Crippen LogP contribution < -0.4 is 11.1 Å². The highest BCUT2D eigenvalue weighted by Crippen LogP contribution is 2.20. The van der Waals surface area contributed by atoms with Crippen molar-refractivity contribution in [2.24, 2.45) is 14.1 Å². The molecule has 1 N–H and O–H groups in total. The van der Waals surface area contributed by atoms with Gasteiger partial charge in [0.05, 0.1) is 16.6 Å². The Morgan fingerprint density at radius 2 is 1.84 bits per heavy atom. The normalized spacial score (nSPS) is 11.3. The summed E-state index contributed by atoms with van der Waals surface area (Å²) in [6.07, 6.45) is 0. The Bertz CT molecular complexity index is 1200. The standard InChI is InChI=1S/C18H16N4O3/c1-10-19-13-8-11(4-6-14(13)21(10)2)17(23)20-12-5-7-15-16(9-12)25-18(24)22(15)3/h4-9H,1-3H3,(H,20,23). The van der Waals surface area contributed by atoms with Crippen molar-refractivity contribution in [3.63, 3.8) is 0 Å². The van der Waals surface area contributed by atoms with Crippen molar-refractivity contribution in [3.05, 3.63) is 58.3 Å². The van der Waals surface area contributed by atoms with Crippen LogP contribution in [0.5, 0.6) is 0 Å². The number of nitrogens with one attached hydrogen (secondary N) is 1. The monoisotopic (exact) mass is 336 g/mol. The quantitative estimate of drug-likeness (QED) is 0.610. The van der Waals surface area contributed by atoms with Crippen LogP contribution in [0.4, 0.5) is 5.69 Å². The molecule has 0 bridgehead atoms. The van der Waals surface area contributed by atoms with Crippen LogP contribution in [0, 0.1) is 6.92 Å². The minimum absolute atomic E-state index is 0.247. The summed E-state index contributed by atoms with van der Waals surface area (Å²) in [6, 6.07) is 10.5. The molecule has 2 aromatic carbocycles. The summed E-state index contributed by atoms with van der Waals surface area (Å²) in [7, 11) is 3.57. The number of anilines is 1. The van der Waals surface area contributed by atoms with Crippen molar-refractivity contribution in [3.8, 4) is 0 Å². The van der Waals surface area contributed by atoms with Crippen LogP contribution in [0.15, 0.2) is 45.6 Å². The number of amides is 1. The van der Waals surface area contributed by atoms with Crippen molar-refractivity contribution < 1.29 is 9.21 Å². The molecular weight excluding hydrogens is 320 g/mol. The lowest BCUT2D eigenvalue weighted by atomic mass is 10.2. The third kappa shape index (κ3) is 2.40. The fraction of sp³-hybridized carbons (Fsp3) is 0.167. The third-order valence-corrected chi connectivity index (χ3v) is 4.42. The molecule has 4 rings (SSSR count). The number of nitrogens with zero attached hydrogens (tertiary/aromatic N) is 3. The number of benzene rings is 2. The van der Waals surface area contributed by atoms with E-state index < -0.39 is 5.76 Å². The topological polar surface area (TPSA) is 82.1 Å². The van der Waals surface area contributed by atoms with Crippen molar-refractivity contribution >= 4 is 33.7 Å². The molecule has 2 aromatic heterocycles. The molecular formula is C18H16N4O3. The summed E-state index contributed by atoms with van der Waals surface area (Å²) in [5, 5.41) is 2.82. The first kappa shape index (κ1) is 15.2. The minimum Gasteiger partial charge on any atom is -0.408 e. The van der Waals surface area contributed by atoms with Gasteiger partial charge >= 0.3 is 5.76 Å². The Balaban J connectivity index is 1.66. The van der Waals surface area contributed by atoms with Gasteiger partial charge in [0.2, 0.25) is 0 Å². The van der Waals surface area contributed by atoms with Gasteiger partial charge in [-0.25, -0.2) is 9.78 Å². The highest BCUT2D eigenvalue weighted by molar-refractivity contribution is 6.06. The number of rotatable bonds is 2. The Morgan fingerprint density at radius 3 is 2.64 bits per heavy atom. The molecule has 1 amide bonds. The molecule has 7 nitrogen and oxygen atoms in total. The van der Waals surface area contributed by atoms with E-state index in [2.05, 4.69) is 10.3 Å². The number of hydrogen-bond acceptors (Lipinski definition) is 4. The maximum atomic E-state index is 12.5. The molecule has 2 heterocycles. The number of aromatic nitrogens is 3. The molecule has 0 radical (unpaired) electrons. The lowest BCUT2D eigenvalue weighted by Crippen LogP contribution is -2.11. The van der Waals surface area contributed by atoms with E-state index in [-0.39, 0.29) is 5.91 Å². The van der Waals surface area contributed by atoms with Gasteiger partial charge in [0.1, 0.15) is 5.82 Å². The zero-order valence-electron chi connectivity index (χ0n) is 14.0. The summed E-state index contributed by atoms with van der Waals surface area (Å²) in [6.45, 7) is 1.92. The predicted octanol–water partition coefficient (Wildman–Crippen LogP) is 2.58. The molecule has 4 aromatic rings. The third-order valence-electron chi connectivity index (χ3n) is 4.42. The van der Waals surface area contributed by atoms with Crippen LogP contribution in [0.25, 0.3) is 22.1 Å². The van der Waals surface area contributed by atoms with Crippen molar-refractivity contribution in [2.45, 2.75) is 6.92 Å². The van der Waals surface area contributed by atoms with E-state index in [0.717, 1.165) is 16.9 Å². The van der Waals surface area contributed by atoms with Gasteiger partial charge in [-0.1, -0.05) is 0 Å². The molecule has 0 fully saturated rings. The molecule has 126 valence electrons. The van der Waals surface area contributed by atoms with E-state index in [1.165, 1.54) is 4.57 Å². The van der Waals surface area contributed by atoms with Crippen LogP contribution in [0.1, 0.15) is 16.2 Å². The van der Waals surface area contributed by atoms with Gasteiger partial charge in [0.25, 0.3) is 5.91 Å². The molecule has 0 atom stereocenters. The second kappa shape index (κ2) is 5.34. The van der Waals surface area contributed by atoms with E-state index in [1.54, 1.807) is 37.4 Å². The maximum Gasteiger partial charge on any atom is 0.419 e. The Hall–Kier alpha value is -3.35. The maximum absolute atomic E-state index is 12.5. The highest BCUT2D eigenvalue weighted by atomic mass is 16.4. The fourth-order valence-electron chi connectivity index (χ4n) is 2.88. The molecule has 0 saturated heterocycles. The molecule has 0 unspecified atom stereocenters. The SMILES string of the molecule is Cc1nc2cc(C(=O)Nc3ccc4c(c3)oc(=O)n4C)ccc2n1C. The zero-order valence-corrected chi connectivity index (χ0v) is 14.0. The summed E-state index contributed by atoms with van der Waals surface area (Å²) in [5.74, 6) is 0.203. The van der Waals surface area contributed by atoms with Gasteiger partial charge in [-0.2, -0.15) is 0 Å². The molecule has 0 aliphatic heterocycles. The van der Waals surface area contributed by atoms with Gasteiger partial charge in [-0.15, -0.1) is 0 Å². The van der Waals surface area contributed by atoms with Gasteiger partial charge in [0, 0.05) is 31.4 Å². The number of hydrogen-bond donors (Lipinski definition) is 1. The minimum atomic E-state index is -0.436. The first-order valence-corrected chi connectivity index (χ1v) is 7.78. The van der Waals surface area contributed by atoms with E-state index >= 15 is 0 Å². The Labute approximate surface area is 142 Å². The summed E-state index contributed by atoms with van der Waals surface area (Å²) in [4.78, 5) is 28.5. The van der Waals surface area contributed by atoms with Gasteiger partial charge < -0.3 is 14.3 Å². The van der Waals surface area contributed by atoms with E-state index in [0.29, 0.717) is 22.4 Å². The number of fused-ring (bicyclic) bond motifs is 2. The Kier molecular flexibility index (Phi) is 3.24. The average Bonchev–Trinajstić information content (AvgIpc) is 3.03. The molecule has 7 heteroatoms. The van der Waals surface area contributed by atoms with Crippen LogP contribution >= 0.6 is 0 Å².